The van der Waals surface area contributed by atoms with Crippen LogP contribution in [0.2, 0.25) is 0 Å². The highest BCUT2D eigenvalue weighted by atomic mass is 16.5. The summed E-state index contributed by atoms with van der Waals surface area (Å²) < 4.78 is 5.39. The van der Waals surface area contributed by atoms with Crippen LogP contribution >= 0.6 is 0 Å². The predicted octanol–water partition coefficient (Wildman–Crippen LogP) is 1.34. The Morgan fingerprint density at radius 2 is 1.88 bits per heavy atom. The van der Waals surface area contributed by atoms with Gasteiger partial charge < -0.3 is 15.4 Å². The van der Waals surface area contributed by atoms with E-state index in [2.05, 4.69) is 29.2 Å². The van der Waals surface area contributed by atoms with Crippen molar-refractivity contribution in [1.29, 1.82) is 0 Å². The molecule has 0 radical (unpaired) electrons. The fourth-order valence-corrected chi connectivity index (χ4v) is 2.47. The molecule has 2 unspecified atom stereocenters. The minimum Gasteiger partial charge on any atom is -0.378 e. The molecule has 0 bridgehead atoms. The van der Waals surface area contributed by atoms with Gasteiger partial charge in [0.25, 0.3) is 0 Å². The van der Waals surface area contributed by atoms with Crippen LogP contribution in [0.1, 0.15) is 17.9 Å². The van der Waals surface area contributed by atoms with E-state index >= 15 is 0 Å². The molecule has 1 aliphatic heterocycles. The van der Waals surface area contributed by atoms with Crippen LogP contribution in [-0.4, -0.2) is 32.3 Å². The van der Waals surface area contributed by atoms with E-state index in [4.69, 9.17) is 10.5 Å². The van der Waals surface area contributed by atoms with Gasteiger partial charge >= 0.3 is 0 Å². The van der Waals surface area contributed by atoms with Crippen molar-refractivity contribution in [2.45, 2.75) is 18.4 Å². The van der Waals surface area contributed by atoms with Gasteiger partial charge in [-0.3, -0.25) is 0 Å². The summed E-state index contributed by atoms with van der Waals surface area (Å²) in [7, 11) is 0. The lowest BCUT2D eigenvalue weighted by Crippen LogP contribution is -2.36. The molecule has 1 saturated heterocycles. The van der Waals surface area contributed by atoms with Gasteiger partial charge in [-0.05, 0) is 18.1 Å². The van der Waals surface area contributed by atoms with Crippen molar-refractivity contribution in [3.05, 3.63) is 29.8 Å². The number of morpholine rings is 1. The molecule has 1 heterocycles. The van der Waals surface area contributed by atoms with E-state index < -0.39 is 0 Å². The molecule has 1 aromatic rings. The van der Waals surface area contributed by atoms with Gasteiger partial charge in [0.2, 0.25) is 0 Å². The van der Waals surface area contributed by atoms with Crippen molar-refractivity contribution in [1.82, 2.24) is 0 Å². The molecule has 3 heteroatoms. The maximum Gasteiger partial charge on any atom is 0.0642 e. The van der Waals surface area contributed by atoms with Gasteiger partial charge in [0.1, 0.15) is 0 Å². The van der Waals surface area contributed by atoms with Gasteiger partial charge in [0.05, 0.1) is 13.2 Å². The fraction of sp³-hybridized carbons (Fsp3) is 0.538. The number of hydrogen-bond donors (Lipinski definition) is 1. The summed E-state index contributed by atoms with van der Waals surface area (Å²) in [5.74, 6) is 0.582. The molecule has 2 atom stereocenters. The fourth-order valence-electron chi connectivity index (χ4n) is 2.47. The van der Waals surface area contributed by atoms with Crippen LogP contribution in [-0.2, 0) is 4.74 Å². The summed E-state index contributed by atoms with van der Waals surface area (Å²) in [6.45, 7) is 3.67. The predicted molar refractivity (Wildman–Crippen MR) is 64.8 cm³/mol. The zero-order valence-electron chi connectivity index (χ0n) is 9.43. The SMILES string of the molecule is NC1CC1c1ccccc1N1CCOCC1. The Balaban J connectivity index is 1.87. The van der Waals surface area contributed by atoms with Crippen molar-refractivity contribution in [2.24, 2.45) is 5.73 Å². The third-order valence-electron chi connectivity index (χ3n) is 3.53. The summed E-state index contributed by atoms with van der Waals surface area (Å²) in [6, 6.07) is 9.04. The molecule has 0 spiro atoms. The summed E-state index contributed by atoms with van der Waals surface area (Å²) >= 11 is 0. The summed E-state index contributed by atoms with van der Waals surface area (Å²) in [5, 5.41) is 0. The van der Waals surface area contributed by atoms with E-state index in [0.29, 0.717) is 12.0 Å². The second kappa shape index (κ2) is 4.07. The monoisotopic (exact) mass is 218 g/mol. The largest absolute Gasteiger partial charge is 0.378 e. The third-order valence-corrected chi connectivity index (χ3v) is 3.53. The van der Waals surface area contributed by atoms with Crippen molar-refractivity contribution in [3.63, 3.8) is 0 Å². The quantitative estimate of drug-likeness (QED) is 0.814. The summed E-state index contributed by atoms with van der Waals surface area (Å²) in [5.41, 5.74) is 8.75. The normalized spacial score (nSPS) is 29.2. The number of anilines is 1. The van der Waals surface area contributed by atoms with Gasteiger partial charge in [-0.2, -0.15) is 0 Å². The highest BCUT2D eigenvalue weighted by Gasteiger charge is 2.37. The Hall–Kier alpha value is -1.06. The van der Waals surface area contributed by atoms with Crippen LogP contribution in [0.25, 0.3) is 0 Å². The highest BCUT2D eigenvalue weighted by molar-refractivity contribution is 5.57. The first-order valence-corrected chi connectivity index (χ1v) is 6.03. The van der Waals surface area contributed by atoms with Crippen molar-refractivity contribution < 1.29 is 4.74 Å². The molecule has 3 rings (SSSR count). The van der Waals surface area contributed by atoms with Crippen LogP contribution in [0.5, 0.6) is 0 Å². The maximum atomic E-state index is 5.95. The van der Waals surface area contributed by atoms with E-state index in [1.54, 1.807) is 0 Å². The highest BCUT2D eigenvalue weighted by Crippen LogP contribution is 2.43. The van der Waals surface area contributed by atoms with E-state index in [9.17, 15) is 0 Å². The van der Waals surface area contributed by atoms with Crippen LogP contribution < -0.4 is 10.6 Å². The molecular formula is C13H18N2O. The topological polar surface area (TPSA) is 38.5 Å². The molecule has 1 aromatic carbocycles. The second-order valence-corrected chi connectivity index (χ2v) is 4.66. The standard InChI is InChI=1S/C13H18N2O/c14-12-9-11(12)10-3-1-2-4-13(10)15-5-7-16-8-6-15/h1-4,11-12H,5-9,14H2. The first-order chi connectivity index (χ1) is 7.86. The lowest BCUT2D eigenvalue weighted by atomic mass is 10.1. The summed E-state index contributed by atoms with van der Waals surface area (Å²) in [6.07, 6.45) is 1.14. The Morgan fingerprint density at radius 1 is 1.19 bits per heavy atom. The number of para-hydroxylation sites is 1. The lowest BCUT2D eigenvalue weighted by molar-refractivity contribution is 0.122. The Labute approximate surface area is 96.2 Å². The van der Waals surface area contributed by atoms with Crippen LogP contribution in [0.4, 0.5) is 5.69 Å². The molecule has 1 saturated carbocycles. The van der Waals surface area contributed by atoms with Crippen molar-refractivity contribution in [3.8, 4) is 0 Å². The number of hydrogen-bond acceptors (Lipinski definition) is 3. The first kappa shape index (κ1) is 10.1. The van der Waals surface area contributed by atoms with E-state index in [1.165, 1.54) is 11.3 Å². The van der Waals surface area contributed by atoms with Gasteiger partial charge in [0, 0.05) is 30.7 Å². The molecular weight excluding hydrogens is 200 g/mol. The van der Waals surface area contributed by atoms with Crippen molar-refractivity contribution >= 4 is 5.69 Å². The minimum absolute atomic E-state index is 0.377. The zero-order valence-corrected chi connectivity index (χ0v) is 9.43. The second-order valence-electron chi connectivity index (χ2n) is 4.66. The van der Waals surface area contributed by atoms with Crippen molar-refractivity contribution in [2.75, 3.05) is 31.2 Å². The van der Waals surface area contributed by atoms with Gasteiger partial charge in [-0.1, -0.05) is 18.2 Å². The van der Waals surface area contributed by atoms with E-state index in [-0.39, 0.29) is 0 Å². The average Bonchev–Trinajstić information content (AvgIpc) is 3.08. The third kappa shape index (κ3) is 1.81. The molecule has 86 valence electrons. The Morgan fingerprint density at radius 3 is 2.56 bits per heavy atom. The molecule has 2 fully saturated rings. The number of benzene rings is 1. The van der Waals surface area contributed by atoms with Crippen LogP contribution in [0.3, 0.4) is 0 Å². The molecule has 0 amide bonds. The number of nitrogens with two attached hydrogens (primary N) is 1. The molecule has 16 heavy (non-hydrogen) atoms. The van der Waals surface area contributed by atoms with E-state index in [1.807, 2.05) is 0 Å². The zero-order chi connectivity index (χ0) is 11.0. The Kier molecular flexibility index (Phi) is 2.58. The molecule has 3 nitrogen and oxygen atoms in total. The van der Waals surface area contributed by atoms with Crippen LogP contribution in [0, 0.1) is 0 Å². The first-order valence-electron chi connectivity index (χ1n) is 6.03. The minimum atomic E-state index is 0.377. The summed E-state index contributed by atoms with van der Waals surface area (Å²) in [4.78, 5) is 2.42. The number of rotatable bonds is 2. The van der Waals surface area contributed by atoms with Gasteiger partial charge in [-0.15, -0.1) is 0 Å². The number of nitrogens with zero attached hydrogens (tertiary/aromatic N) is 1. The number of ether oxygens (including phenoxy) is 1. The smallest absolute Gasteiger partial charge is 0.0642 e. The molecule has 2 N–H and O–H groups in total. The van der Waals surface area contributed by atoms with Crippen LogP contribution in [0.15, 0.2) is 24.3 Å². The maximum absolute atomic E-state index is 5.95. The molecule has 2 aliphatic rings. The molecule has 0 aromatic heterocycles. The Bertz CT molecular complexity index is 374. The van der Waals surface area contributed by atoms with Gasteiger partial charge in [0.15, 0.2) is 0 Å². The van der Waals surface area contributed by atoms with E-state index in [0.717, 1.165) is 32.7 Å². The van der Waals surface area contributed by atoms with Gasteiger partial charge in [-0.25, -0.2) is 0 Å². The molecule has 1 aliphatic carbocycles. The average molecular weight is 218 g/mol. The lowest BCUT2D eigenvalue weighted by Gasteiger charge is -2.30.